The first-order chi connectivity index (χ1) is 7.15. The standard InChI is InChI=1S/C11H24N2O2/c1-4-10(6-8-12)13(3)9-7-11(14)15-5-2/h10H,4-9,12H2,1-3H3. The second-order valence-corrected chi connectivity index (χ2v) is 3.68. The van der Waals surface area contributed by atoms with Crippen molar-refractivity contribution < 1.29 is 9.53 Å². The average molecular weight is 216 g/mol. The lowest BCUT2D eigenvalue weighted by Gasteiger charge is -2.26. The van der Waals surface area contributed by atoms with Crippen molar-refractivity contribution in [1.29, 1.82) is 0 Å². The number of carbonyl (C=O) groups excluding carboxylic acids is 1. The second kappa shape index (κ2) is 8.68. The predicted octanol–water partition coefficient (Wildman–Crippen LogP) is 0.999. The van der Waals surface area contributed by atoms with Crippen LogP contribution in [0.3, 0.4) is 0 Å². The Bertz CT molecular complexity index is 174. The fourth-order valence-electron chi connectivity index (χ4n) is 1.61. The summed E-state index contributed by atoms with van der Waals surface area (Å²) in [5, 5.41) is 0. The molecule has 0 saturated carbocycles. The molecule has 1 atom stereocenters. The van der Waals surface area contributed by atoms with E-state index >= 15 is 0 Å². The molecule has 0 aliphatic carbocycles. The van der Waals surface area contributed by atoms with Crippen molar-refractivity contribution in [2.75, 3.05) is 26.7 Å². The molecule has 0 spiro atoms. The third-order valence-corrected chi connectivity index (χ3v) is 2.57. The Labute approximate surface area is 92.8 Å². The van der Waals surface area contributed by atoms with Crippen LogP contribution in [0.15, 0.2) is 0 Å². The number of hydrogen-bond donors (Lipinski definition) is 1. The zero-order valence-electron chi connectivity index (χ0n) is 10.2. The van der Waals surface area contributed by atoms with E-state index in [-0.39, 0.29) is 5.97 Å². The van der Waals surface area contributed by atoms with Crippen LogP contribution in [0.5, 0.6) is 0 Å². The SMILES string of the molecule is CCOC(=O)CCN(C)C(CC)CCN. The van der Waals surface area contributed by atoms with Gasteiger partial charge in [0.25, 0.3) is 0 Å². The Balaban J connectivity index is 3.79. The molecule has 0 aliphatic heterocycles. The van der Waals surface area contributed by atoms with E-state index in [1.165, 1.54) is 0 Å². The summed E-state index contributed by atoms with van der Waals surface area (Å²) in [6.45, 7) is 5.87. The highest BCUT2D eigenvalue weighted by molar-refractivity contribution is 5.69. The van der Waals surface area contributed by atoms with Gasteiger partial charge in [0.1, 0.15) is 0 Å². The Morgan fingerprint density at radius 3 is 2.60 bits per heavy atom. The van der Waals surface area contributed by atoms with Crippen LogP contribution in [0.25, 0.3) is 0 Å². The van der Waals surface area contributed by atoms with Gasteiger partial charge in [-0.1, -0.05) is 6.92 Å². The third-order valence-electron chi connectivity index (χ3n) is 2.57. The number of carbonyl (C=O) groups is 1. The molecule has 0 saturated heterocycles. The summed E-state index contributed by atoms with van der Waals surface area (Å²) >= 11 is 0. The van der Waals surface area contributed by atoms with Crippen molar-refractivity contribution in [2.24, 2.45) is 5.73 Å². The van der Waals surface area contributed by atoms with Gasteiger partial charge in [-0.3, -0.25) is 4.79 Å². The molecule has 4 heteroatoms. The molecule has 0 aromatic carbocycles. The van der Waals surface area contributed by atoms with Crippen LogP contribution >= 0.6 is 0 Å². The van der Waals surface area contributed by atoms with E-state index in [1.807, 2.05) is 14.0 Å². The monoisotopic (exact) mass is 216 g/mol. The van der Waals surface area contributed by atoms with Crippen molar-refractivity contribution >= 4 is 5.97 Å². The average Bonchev–Trinajstić information content (AvgIpc) is 2.23. The Morgan fingerprint density at radius 2 is 2.13 bits per heavy atom. The Morgan fingerprint density at radius 1 is 1.47 bits per heavy atom. The minimum absolute atomic E-state index is 0.119. The lowest BCUT2D eigenvalue weighted by Crippen LogP contribution is -2.34. The molecule has 0 fully saturated rings. The van der Waals surface area contributed by atoms with Crippen molar-refractivity contribution in [3.8, 4) is 0 Å². The quantitative estimate of drug-likeness (QED) is 0.615. The number of esters is 1. The van der Waals surface area contributed by atoms with Gasteiger partial charge in [-0.2, -0.15) is 0 Å². The normalized spacial score (nSPS) is 12.9. The first-order valence-electron chi connectivity index (χ1n) is 5.71. The van der Waals surface area contributed by atoms with E-state index in [0.29, 0.717) is 25.6 Å². The summed E-state index contributed by atoms with van der Waals surface area (Å²) in [6, 6.07) is 0.476. The topological polar surface area (TPSA) is 55.6 Å². The minimum Gasteiger partial charge on any atom is -0.466 e. The van der Waals surface area contributed by atoms with Crippen molar-refractivity contribution in [3.63, 3.8) is 0 Å². The minimum atomic E-state index is -0.119. The molecule has 0 aromatic rings. The maximum absolute atomic E-state index is 11.1. The highest BCUT2D eigenvalue weighted by Crippen LogP contribution is 2.06. The van der Waals surface area contributed by atoms with E-state index in [1.54, 1.807) is 0 Å². The van der Waals surface area contributed by atoms with Gasteiger partial charge in [0.15, 0.2) is 0 Å². The fraction of sp³-hybridized carbons (Fsp3) is 0.909. The van der Waals surface area contributed by atoms with Crippen LogP contribution in [0.4, 0.5) is 0 Å². The van der Waals surface area contributed by atoms with Gasteiger partial charge in [0.2, 0.25) is 0 Å². The summed E-state index contributed by atoms with van der Waals surface area (Å²) < 4.78 is 4.88. The van der Waals surface area contributed by atoms with Crippen LogP contribution in [-0.2, 0) is 9.53 Å². The molecule has 0 bridgehead atoms. The summed E-state index contributed by atoms with van der Waals surface area (Å²) in [5.41, 5.74) is 5.53. The molecule has 0 rings (SSSR count). The van der Waals surface area contributed by atoms with Crippen molar-refractivity contribution in [1.82, 2.24) is 4.90 Å². The van der Waals surface area contributed by atoms with E-state index < -0.39 is 0 Å². The molecule has 4 nitrogen and oxygen atoms in total. The molecule has 0 radical (unpaired) electrons. The summed E-state index contributed by atoms with van der Waals surface area (Å²) in [5.74, 6) is -0.119. The smallest absolute Gasteiger partial charge is 0.307 e. The molecule has 0 aliphatic rings. The van der Waals surface area contributed by atoms with Gasteiger partial charge in [-0.25, -0.2) is 0 Å². The molecule has 0 amide bonds. The Kier molecular flexibility index (Phi) is 8.33. The maximum Gasteiger partial charge on any atom is 0.307 e. The molecule has 15 heavy (non-hydrogen) atoms. The second-order valence-electron chi connectivity index (χ2n) is 3.68. The van der Waals surface area contributed by atoms with E-state index in [0.717, 1.165) is 19.4 Å². The van der Waals surface area contributed by atoms with Crippen LogP contribution in [-0.4, -0.2) is 43.7 Å². The predicted molar refractivity (Wildman–Crippen MR) is 61.6 cm³/mol. The first-order valence-corrected chi connectivity index (χ1v) is 5.71. The molecular formula is C11H24N2O2. The van der Waals surface area contributed by atoms with Crippen LogP contribution in [0, 0.1) is 0 Å². The van der Waals surface area contributed by atoms with Gasteiger partial charge >= 0.3 is 5.97 Å². The zero-order valence-corrected chi connectivity index (χ0v) is 10.2. The van der Waals surface area contributed by atoms with Crippen molar-refractivity contribution in [2.45, 2.75) is 39.2 Å². The molecule has 0 aromatic heterocycles. The van der Waals surface area contributed by atoms with Crippen LogP contribution in [0.2, 0.25) is 0 Å². The van der Waals surface area contributed by atoms with Crippen molar-refractivity contribution in [3.05, 3.63) is 0 Å². The van der Waals surface area contributed by atoms with E-state index in [2.05, 4.69) is 11.8 Å². The van der Waals surface area contributed by atoms with Gasteiger partial charge in [0, 0.05) is 12.6 Å². The summed E-state index contributed by atoms with van der Waals surface area (Å²) in [6.07, 6.45) is 2.51. The fourth-order valence-corrected chi connectivity index (χ4v) is 1.61. The molecule has 2 N–H and O–H groups in total. The first kappa shape index (κ1) is 14.4. The van der Waals surface area contributed by atoms with Gasteiger partial charge < -0.3 is 15.4 Å². The summed E-state index contributed by atoms with van der Waals surface area (Å²) in [7, 11) is 2.03. The molecular weight excluding hydrogens is 192 g/mol. The van der Waals surface area contributed by atoms with Crippen LogP contribution < -0.4 is 5.73 Å². The van der Waals surface area contributed by atoms with Gasteiger partial charge in [0.05, 0.1) is 13.0 Å². The highest BCUT2D eigenvalue weighted by Gasteiger charge is 2.13. The maximum atomic E-state index is 11.1. The number of nitrogens with two attached hydrogens (primary N) is 1. The largest absolute Gasteiger partial charge is 0.466 e. The van der Waals surface area contributed by atoms with Gasteiger partial charge in [-0.05, 0) is 33.4 Å². The number of rotatable bonds is 8. The lowest BCUT2D eigenvalue weighted by molar-refractivity contribution is -0.143. The molecule has 90 valence electrons. The number of ether oxygens (including phenoxy) is 1. The number of hydrogen-bond acceptors (Lipinski definition) is 4. The number of nitrogens with zero attached hydrogens (tertiary/aromatic N) is 1. The molecule has 0 heterocycles. The van der Waals surface area contributed by atoms with Crippen LogP contribution in [0.1, 0.15) is 33.1 Å². The van der Waals surface area contributed by atoms with E-state index in [4.69, 9.17) is 10.5 Å². The molecule has 1 unspecified atom stereocenters. The third kappa shape index (κ3) is 6.47. The highest BCUT2D eigenvalue weighted by atomic mass is 16.5. The zero-order chi connectivity index (χ0) is 11.7. The lowest BCUT2D eigenvalue weighted by atomic mass is 10.1. The van der Waals surface area contributed by atoms with Gasteiger partial charge in [-0.15, -0.1) is 0 Å². The summed E-state index contributed by atoms with van der Waals surface area (Å²) in [4.78, 5) is 13.3. The Hall–Kier alpha value is -0.610. The van der Waals surface area contributed by atoms with E-state index in [9.17, 15) is 4.79 Å².